The molecule has 22 heavy (non-hydrogen) atoms. The number of hydrogen-bond donors (Lipinski definition) is 2. The molecule has 0 aromatic heterocycles. The average Bonchev–Trinajstić information content (AvgIpc) is 2.53. The van der Waals surface area contributed by atoms with Crippen LogP contribution in [0.4, 0.5) is 0 Å². The molecule has 2 fully saturated rings. The zero-order valence-electron chi connectivity index (χ0n) is 13.0. The average molecular weight is 314 g/mol. The summed E-state index contributed by atoms with van der Waals surface area (Å²) in [5, 5.41) is 3.77. The second-order valence-electron chi connectivity index (χ2n) is 5.48. The van der Waals surface area contributed by atoms with Crippen LogP contribution >= 0.6 is 0 Å². The number of unbranched alkanes of at least 4 members (excludes halogenated alkanes) is 1. The fourth-order valence-electron chi connectivity index (χ4n) is 2.39. The van der Waals surface area contributed by atoms with E-state index in [4.69, 9.17) is 9.47 Å². The normalized spacial score (nSPS) is 20.5. The maximum atomic E-state index is 11.8. The van der Waals surface area contributed by atoms with Gasteiger partial charge in [0.05, 0.1) is 26.4 Å². The lowest BCUT2D eigenvalue weighted by atomic mass is 10.2. The first-order valence-corrected chi connectivity index (χ1v) is 7.98. The zero-order valence-corrected chi connectivity index (χ0v) is 13.0. The van der Waals surface area contributed by atoms with E-state index in [2.05, 4.69) is 10.9 Å². The number of nitrogens with one attached hydrogen (secondary N) is 2. The van der Waals surface area contributed by atoms with Gasteiger partial charge in [0.2, 0.25) is 11.8 Å². The summed E-state index contributed by atoms with van der Waals surface area (Å²) >= 11 is 0. The highest BCUT2D eigenvalue weighted by Crippen LogP contribution is 2.02. The van der Waals surface area contributed by atoms with Crippen LogP contribution in [0.3, 0.4) is 0 Å². The minimum absolute atomic E-state index is 0.00971. The maximum Gasteiger partial charge on any atom is 0.234 e. The fraction of sp³-hybridized carbons (Fsp3) is 0.857. The third-order valence-corrected chi connectivity index (χ3v) is 3.65. The van der Waals surface area contributed by atoms with Gasteiger partial charge < -0.3 is 9.47 Å². The van der Waals surface area contributed by atoms with Crippen molar-refractivity contribution in [1.82, 2.24) is 20.9 Å². The number of amides is 2. The van der Waals surface area contributed by atoms with Crippen LogP contribution in [0.5, 0.6) is 0 Å². The summed E-state index contributed by atoms with van der Waals surface area (Å²) in [6.45, 7) is 5.54. The van der Waals surface area contributed by atoms with Crippen molar-refractivity contribution in [1.29, 1.82) is 0 Å². The summed E-state index contributed by atoms with van der Waals surface area (Å²) < 4.78 is 10.4. The van der Waals surface area contributed by atoms with E-state index >= 15 is 0 Å². The SMILES string of the molecule is O=C(CCCCC(=O)NN1CCOCC1)NN1CCOCC1. The molecule has 2 rings (SSSR count). The Balaban J connectivity index is 1.48. The lowest BCUT2D eigenvalue weighted by molar-refractivity contribution is -0.130. The van der Waals surface area contributed by atoms with Crippen LogP contribution in [-0.2, 0) is 19.1 Å². The van der Waals surface area contributed by atoms with Crippen LogP contribution in [0, 0.1) is 0 Å². The van der Waals surface area contributed by atoms with Crippen molar-refractivity contribution in [3.05, 3.63) is 0 Å². The molecule has 0 aromatic rings. The first kappa shape index (κ1) is 17.1. The first-order chi connectivity index (χ1) is 10.7. The molecule has 2 heterocycles. The molecule has 2 aliphatic rings. The Morgan fingerprint density at radius 3 is 1.45 bits per heavy atom. The third kappa shape index (κ3) is 6.69. The van der Waals surface area contributed by atoms with Gasteiger partial charge in [-0.15, -0.1) is 0 Å². The Labute approximate surface area is 131 Å². The van der Waals surface area contributed by atoms with Gasteiger partial charge in [-0.1, -0.05) is 0 Å². The van der Waals surface area contributed by atoms with Crippen LogP contribution in [0.25, 0.3) is 0 Å². The van der Waals surface area contributed by atoms with Crippen LogP contribution in [-0.4, -0.2) is 74.4 Å². The number of hydrogen-bond acceptors (Lipinski definition) is 6. The molecule has 0 unspecified atom stereocenters. The monoisotopic (exact) mass is 314 g/mol. The zero-order chi connectivity index (χ0) is 15.6. The molecule has 2 amide bonds. The van der Waals surface area contributed by atoms with E-state index in [1.165, 1.54) is 0 Å². The van der Waals surface area contributed by atoms with Gasteiger partial charge in [-0.2, -0.15) is 0 Å². The van der Waals surface area contributed by atoms with E-state index in [-0.39, 0.29) is 11.8 Å². The summed E-state index contributed by atoms with van der Waals surface area (Å²) in [7, 11) is 0. The number of morpholine rings is 2. The Morgan fingerprint density at radius 1 is 0.727 bits per heavy atom. The summed E-state index contributed by atoms with van der Waals surface area (Å²) in [5.41, 5.74) is 5.73. The molecule has 0 aromatic carbocycles. The molecular weight excluding hydrogens is 288 g/mol. The predicted octanol–water partition coefficient (Wildman–Crippen LogP) is -0.726. The minimum atomic E-state index is 0.00971. The van der Waals surface area contributed by atoms with Crippen molar-refractivity contribution in [2.24, 2.45) is 0 Å². The van der Waals surface area contributed by atoms with E-state index in [0.717, 1.165) is 26.2 Å². The van der Waals surface area contributed by atoms with Gasteiger partial charge in [0.15, 0.2) is 0 Å². The third-order valence-electron chi connectivity index (χ3n) is 3.65. The van der Waals surface area contributed by atoms with Crippen molar-refractivity contribution in [2.45, 2.75) is 25.7 Å². The molecule has 8 nitrogen and oxygen atoms in total. The molecule has 0 bridgehead atoms. The number of nitrogens with zero attached hydrogens (tertiary/aromatic N) is 2. The smallest absolute Gasteiger partial charge is 0.234 e. The number of carbonyl (C=O) groups excluding carboxylic acids is 2. The molecule has 0 atom stereocenters. The summed E-state index contributed by atoms with van der Waals surface area (Å²) in [6.07, 6.45) is 2.32. The van der Waals surface area contributed by atoms with E-state index in [9.17, 15) is 9.59 Å². The standard InChI is InChI=1S/C14H26N4O4/c19-13(15-17-5-9-21-10-6-17)3-1-2-4-14(20)16-18-7-11-22-12-8-18/h1-12H2,(H,15,19)(H,16,20). The van der Waals surface area contributed by atoms with Crippen molar-refractivity contribution >= 4 is 11.8 Å². The highest BCUT2D eigenvalue weighted by atomic mass is 16.5. The Bertz CT molecular complexity index is 321. The van der Waals surface area contributed by atoms with Gasteiger partial charge in [0, 0.05) is 39.0 Å². The molecule has 2 N–H and O–H groups in total. The molecule has 2 aliphatic heterocycles. The van der Waals surface area contributed by atoms with Crippen molar-refractivity contribution in [2.75, 3.05) is 52.6 Å². The Kier molecular flexibility index (Phi) is 7.58. The van der Waals surface area contributed by atoms with Crippen molar-refractivity contribution in [3.8, 4) is 0 Å². The molecule has 8 heteroatoms. The lowest BCUT2D eigenvalue weighted by Gasteiger charge is -2.27. The van der Waals surface area contributed by atoms with Gasteiger partial charge in [-0.25, -0.2) is 10.0 Å². The number of ether oxygens (including phenoxy) is 2. The van der Waals surface area contributed by atoms with E-state index in [1.54, 1.807) is 0 Å². The molecule has 126 valence electrons. The van der Waals surface area contributed by atoms with Gasteiger partial charge in [-0.3, -0.25) is 20.4 Å². The van der Waals surface area contributed by atoms with E-state index in [1.807, 2.05) is 10.0 Å². The predicted molar refractivity (Wildman–Crippen MR) is 79.5 cm³/mol. The largest absolute Gasteiger partial charge is 0.379 e. The van der Waals surface area contributed by atoms with Crippen LogP contribution in [0.2, 0.25) is 0 Å². The van der Waals surface area contributed by atoms with Crippen LogP contribution < -0.4 is 10.9 Å². The Hall–Kier alpha value is -1.22. The summed E-state index contributed by atoms with van der Waals surface area (Å²) in [5.74, 6) is 0.0194. The molecule has 0 spiro atoms. The highest BCUT2D eigenvalue weighted by Gasteiger charge is 2.14. The topological polar surface area (TPSA) is 83.1 Å². The van der Waals surface area contributed by atoms with Gasteiger partial charge in [0.1, 0.15) is 0 Å². The second-order valence-corrected chi connectivity index (χ2v) is 5.48. The molecule has 0 radical (unpaired) electrons. The van der Waals surface area contributed by atoms with Gasteiger partial charge in [-0.05, 0) is 12.8 Å². The van der Waals surface area contributed by atoms with Crippen LogP contribution in [0.15, 0.2) is 0 Å². The number of carbonyl (C=O) groups is 2. The minimum Gasteiger partial charge on any atom is -0.379 e. The van der Waals surface area contributed by atoms with Crippen LogP contribution in [0.1, 0.15) is 25.7 Å². The first-order valence-electron chi connectivity index (χ1n) is 7.98. The molecule has 0 saturated carbocycles. The van der Waals surface area contributed by atoms with Gasteiger partial charge in [0.25, 0.3) is 0 Å². The fourth-order valence-corrected chi connectivity index (χ4v) is 2.39. The summed E-state index contributed by atoms with van der Waals surface area (Å²) in [4.78, 5) is 23.5. The number of rotatable bonds is 7. The molecule has 2 saturated heterocycles. The molecular formula is C14H26N4O4. The maximum absolute atomic E-state index is 11.8. The number of hydrazine groups is 2. The van der Waals surface area contributed by atoms with Crippen molar-refractivity contribution in [3.63, 3.8) is 0 Å². The van der Waals surface area contributed by atoms with E-state index < -0.39 is 0 Å². The van der Waals surface area contributed by atoms with Gasteiger partial charge >= 0.3 is 0 Å². The van der Waals surface area contributed by atoms with Crippen molar-refractivity contribution < 1.29 is 19.1 Å². The van der Waals surface area contributed by atoms with E-state index in [0.29, 0.717) is 52.1 Å². The highest BCUT2D eigenvalue weighted by molar-refractivity contribution is 5.76. The quantitative estimate of drug-likeness (QED) is 0.603. The second kappa shape index (κ2) is 9.73. The molecule has 0 aliphatic carbocycles. The lowest BCUT2D eigenvalue weighted by Crippen LogP contribution is -2.48. The summed E-state index contributed by atoms with van der Waals surface area (Å²) in [6, 6.07) is 0. The Morgan fingerprint density at radius 2 is 1.09 bits per heavy atom.